The van der Waals surface area contributed by atoms with Gasteiger partial charge in [-0.3, -0.25) is 4.98 Å². The van der Waals surface area contributed by atoms with Gasteiger partial charge in [-0.25, -0.2) is 0 Å². The molecule has 2 heterocycles. The molecule has 0 amide bonds. The van der Waals surface area contributed by atoms with Crippen LogP contribution in [0.15, 0.2) is 120 Å². The first kappa shape index (κ1) is 27.3. The van der Waals surface area contributed by atoms with Gasteiger partial charge in [0.1, 0.15) is 0 Å². The predicted octanol–water partition coefficient (Wildman–Crippen LogP) is 10.7. The first-order chi connectivity index (χ1) is 21.7. The maximum absolute atomic E-state index is 9.02. The van der Waals surface area contributed by atoms with E-state index in [0.717, 1.165) is 27.9 Å². The number of nitrogens with zero attached hydrogens (tertiary/aromatic N) is 2. The summed E-state index contributed by atoms with van der Waals surface area (Å²) >= 11 is 0. The van der Waals surface area contributed by atoms with Gasteiger partial charge in [0.15, 0.2) is 0 Å². The third-order valence-corrected chi connectivity index (χ3v) is 8.10. The molecular weight excluding hydrogens is 717 g/mol. The Morgan fingerprint density at radius 2 is 1.36 bits per heavy atom. The van der Waals surface area contributed by atoms with Crippen LogP contribution in [0.4, 0.5) is 0 Å². The molecule has 0 spiro atoms. The Morgan fingerprint density at radius 3 is 2.05 bits per heavy atom. The van der Waals surface area contributed by atoms with Gasteiger partial charge in [-0.15, -0.1) is 0 Å². The molecule has 0 N–H and O–H groups in total. The summed E-state index contributed by atoms with van der Waals surface area (Å²) in [6.45, 7) is 8.98. The van der Waals surface area contributed by atoms with E-state index >= 15 is 0 Å². The van der Waals surface area contributed by atoms with E-state index in [4.69, 9.17) is 12.1 Å². The van der Waals surface area contributed by atoms with Gasteiger partial charge >= 0.3 is 0 Å². The van der Waals surface area contributed by atoms with Crippen molar-refractivity contribution >= 4 is 22.0 Å². The molecule has 0 aliphatic carbocycles. The van der Waals surface area contributed by atoms with Gasteiger partial charge in [-0.2, -0.15) is 0 Å². The number of furan rings is 1. The summed E-state index contributed by atoms with van der Waals surface area (Å²) in [4.78, 5) is 5.19. The number of para-hydroxylation sites is 2. The third kappa shape index (κ3) is 5.45. The van der Waals surface area contributed by atoms with Crippen molar-refractivity contribution in [1.82, 2.24) is 9.55 Å². The van der Waals surface area contributed by atoms with Crippen LogP contribution in [0.25, 0.3) is 50.2 Å². The van der Waals surface area contributed by atoms with Crippen LogP contribution in [0.2, 0.25) is 0 Å². The predicted molar refractivity (Wildman–Crippen MR) is 178 cm³/mol. The monoisotopic (exact) mass is 754 g/mol. The fourth-order valence-corrected chi connectivity index (χ4v) is 5.94. The number of benzene rings is 5. The van der Waals surface area contributed by atoms with Crippen LogP contribution in [-0.2, 0) is 26.5 Å². The molecule has 0 aliphatic heterocycles. The van der Waals surface area contributed by atoms with E-state index in [1.165, 1.54) is 22.3 Å². The summed E-state index contributed by atoms with van der Waals surface area (Å²) in [7, 11) is 0. The van der Waals surface area contributed by atoms with Gasteiger partial charge < -0.3 is 8.98 Å². The summed E-state index contributed by atoms with van der Waals surface area (Å²) in [5.74, 6) is 1.21. The average Bonchev–Trinajstić information content (AvgIpc) is 3.66. The van der Waals surface area contributed by atoms with Crippen molar-refractivity contribution in [2.24, 2.45) is 0 Å². The molecule has 0 aliphatic rings. The molecule has 0 saturated heterocycles. The van der Waals surface area contributed by atoms with Crippen LogP contribution in [0.5, 0.6) is 0 Å². The SMILES string of the molecule is [2H]C([2H])(c1ccccc1)c1ccc2o[c-]c(-c3nc4ccccc4n3-c3c(C(C)C)cc(-c4ccccc4)cc3C(C)C)c2c1.[Ir]. The summed E-state index contributed by atoms with van der Waals surface area (Å²) in [5, 5.41) is 0.780. The van der Waals surface area contributed by atoms with Crippen LogP contribution in [0, 0.1) is 6.26 Å². The standard InChI is InChI=1S/C40H35N2O.Ir/c1-26(2)32-23-31(30-15-9-6-10-16-30)24-33(27(3)4)39(32)42-37-18-12-11-17-36(37)41-40(42)35-25-43-38-20-19-29(22-34(35)38)21-28-13-7-5-8-14-28;/h5-20,22-24,26-27H,21H2,1-4H3;/q-1;/i21D2;. The largest absolute Gasteiger partial charge is 0.557 e. The first-order valence-electron chi connectivity index (χ1n) is 16.0. The van der Waals surface area contributed by atoms with Crippen LogP contribution in [-0.4, -0.2) is 9.55 Å². The second-order valence-electron chi connectivity index (χ2n) is 11.7. The maximum atomic E-state index is 9.02. The molecule has 0 fully saturated rings. The van der Waals surface area contributed by atoms with Crippen LogP contribution < -0.4 is 0 Å². The smallest absolute Gasteiger partial charge is 0.0774 e. The second-order valence-corrected chi connectivity index (χ2v) is 11.7. The van der Waals surface area contributed by atoms with E-state index in [9.17, 15) is 0 Å². The van der Waals surface area contributed by atoms with Crippen molar-refractivity contribution in [3.63, 3.8) is 0 Å². The van der Waals surface area contributed by atoms with Crippen molar-refractivity contribution < 1.29 is 27.3 Å². The molecular formula is C40H35IrN2O-. The number of rotatable bonds is 7. The Kier molecular flexibility index (Phi) is 7.70. The second kappa shape index (κ2) is 12.4. The molecule has 1 radical (unpaired) electrons. The topological polar surface area (TPSA) is 31.0 Å². The fraction of sp³-hybridized carbons (Fsp3) is 0.175. The molecule has 0 atom stereocenters. The summed E-state index contributed by atoms with van der Waals surface area (Å²) in [5.41, 5.74) is 10.4. The van der Waals surface area contributed by atoms with E-state index < -0.39 is 6.37 Å². The summed E-state index contributed by atoms with van der Waals surface area (Å²) in [6, 6.07) is 38.3. The zero-order chi connectivity index (χ0) is 31.3. The Hall–Kier alpha value is -4.24. The van der Waals surface area contributed by atoms with Gasteiger partial charge in [-0.05, 0) is 70.3 Å². The Morgan fingerprint density at radius 1 is 0.727 bits per heavy atom. The average molecular weight is 754 g/mol. The molecule has 7 rings (SSSR count). The minimum Gasteiger partial charge on any atom is -0.557 e. The van der Waals surface area contributed by atoms with E-state index in [0.29, 0.717) is 22.3 Å². The quantitative estimate of drug-likeness (QED) is 0.152. The van der Waals surface area contributed by atoms with Crippen LogP contribution >= 0.6 is 0 Å². The van der Waals surface area contributed by atoms with Crippen molar-refractivity contribution in [3.05, 3.63) is 144 Å². The fourth-order valence-electron chi connectivity index (χ4n) is 5.94. The third-order valence-electron chi connectivity index (χ3n) is 8.10. The molecule has 5 aromatic carbocycles. The molecule has 7 aromatic rings. The van der Waals surface area contributed by atoms with Gasteiger partial charge in [-0.1, -0.05) is 135 Å². The minimum absolute atomic E-state index is 0. The Labute approximate surface area is 275 Å². The molecule has 0 saturated carbocycles. The number of imidazole rings is 1. The van der Waals surface area contributed by atoms with Crippen molar-refractivity contribution in [3.8, 4) is 28.2 Å². The number of hydrogen-bond acceptors (Lipinski definition) is 2. The molecule has 3 nitrogen and oxygen atoms in total. The Bertz CT molecular complexity index is 2120. The van der Waals surface area contributed by atoms with E-state index in [-0.39, 0.29) is 31.9 Å². The molecule has 44 heavy (non-hydrogen) atoms. The molecule has 4 heteroatoms. The van der Waals surface area contributed by atoms with E-state index in [2.05, 4.69) is 93.1 Å². The summed E-state index contributed by atoms with van der Waals surface area (Å²) in [6.07, 6.45) is 1.49. The van der Waals surface area contributed by atoms with Crippen molar-refractivity contribution in [1.29, 1.82) is 0 Å². The number of hydrogen-bond donors (Lipinski definition) is 0. The van der Waals surface area contributed by atoms with Gasteiger partial charge in [0.2, 0.25) is 0 Å². The van der Waals surface area contributed by atoms with E-state index in [1.54, 1.807) is 6.07 Å². The molecule has 0 unspecified atom stereocenters. The zero-order valence-corrected chi connectivity index (χ0v) is 27.7. The van der Waals surface area contributed by atoms with Crippen molar-refractivity contribution in [2.45, 2.75) is 45.9 Å². The Balaban J connectivity index is 0.00000372. The molecule has 221 valence electrons. The first-order valence-corrected chi connectivity index (χ1v) is 15.0. The van der Waals surface area contributed by atoms with E-state index in [1.807, 2.05) is 54.6 Å². The van der Waals surface area contributed by atoms with Gasteiger partial charge in [0.25, 0.3) is 0 Å². The summed E-state index contributed by atoms with van der Waals surface area (Å²) < 4.78 is 26.3. The molecule has 2 aromatic heterocycles. The van der Waals surface area contributed by atoms with Gasteiger partial charge in [0, 0.05) is 40.4 Å². The zero-order valence-electron chi connectivity index (χ0n) is 27.3. The van der Waals surface area contributed by atoms with Gasteiger partial charge in [0.05, 0.1) is 16.9 Å². The maximum Gasteiger partial charge on any atom is 0.0774 e. The van der Waals surface area contributed by atoms with Crippen LogP contribution in [0.3, 0.4) is 0 Å². The normalized spacial score (nSPS) is 12.5. The molecule has 0 bridgehead atoms. The van der Waals surface area contributed by atoms with Crippen molar-refractivity contribution in [2.75, 3.05) is 0 Å². The number of fused-ring (bicyclic) bond motifs is 2. The number of aromatic nitrogens is 2. The van der Waals surface area contributed by atoms with Crippen LogP contribution in [0.1, 0.15) is 64.5 Å². The minimum atomic E-state index is -1.69.